The fourth-order valence-corrected chi connectivity index (χ4v) is 2.41. The van der Waals surface area contributed by atoms with Gasteiger partial charge in [0.1, 0.15) is 12.4 Å². The zero-order valence-electron chi connectivity index (χ0n) is 12.1. The fourth-order valence-electron chi connectivity index (χ4n) is 1.72. The normalized spacial score (nSPS) is 12.4. The van der Waals surface area contributed by atoms with Crippen LogP contribution < -0.4 is 5.32 Å². The van der Waals surface area contributed by atoms with E-state index in [0.29, 0.717) is 12.2 Å². The molecule has 20 heavy (non-hydrogen) atoms. The molecule has 0 aliphatic rings. The van der Waals surface area contributed by atoms with Crippen molar-refractivity contribution in [1.29, 1.82) is 0 Å². The second-order valence-electron chi connectivity index (χ2n) is 5.61. The summed E-state index contributed by atoms with van der Waals surface area (Å²) in [6, 6.07) is 0. The van der Waals surface area contributed by atoms with Crippen LogP contribution in [0, 0.1) is 0 Å². The molecule has 114 valence electrons. The van der Waals surface area contributed by atoms with Crippen LogP contribution in [0.3, 0.4) is 0 Å². The van der Waals surface area contributed by atoms with Crippen LogP contribution in [0.25, 0.3) is 0 Å². The summed E-state index contributed by atoms with van der Waals surface area (Å²) in [5.41, 5.74) is -0.343. The average Bonchev–Trinajstić information content (AvgIpc) is 2.58. The van der Waals surface area contributed by atoms with Gasteiger partial charge in [-0.3, -0.25) is 4.79 Å². The lowest BCUT2D eigenvalue weighted by Gasteiger charge is -2.20. The first kappa shape index (κ1) is 17.0. The van der Waals surface area contributed by atoms with Crippen LogP contribution in [0.5, 0.6) is 0 Å². The third-order valence-corrected chi connectivity index (χ3v) is 3.56. The van der Waals surface area contributed by atoms with Crippen LogP contribution in [0.15, 0.2) is 11.2 Å². The van der Waals surface area contributed by atoms with Gasteiger partial charge in [0.05, 0.1) is 0 Å². The Hall–Kier alpha value is -1.08. The van der Waals surface area contributed by atoms with E-state index >= 15 is 0 Å². The standard InChI is InChI=1S/C12H20ClN3O3S/c1-5-6-9-14-11(20(13,18)19)8-16(9)7-10(17)15-12(2,3)4/h8H,5-7H2,1-4H3,(H,15,17). The van der Waals surface area contributed by atoms with Gasteiger partial charge in [0.15, 0.2) is 5.03 Å². The molecule has 0 aliphatic carbocycles. The molecule has 1 amide bonds. The summed E-state index contributed by atoms with van der Waals surface area (Å²) < 4.78 is 24.1. The molecule has 1 aromatic heterocycles. The van der Waals surface area contributed by atoms with Crippen molar-refractivity contribution in [2.45, 2.75) is 57.6 Å². The number of carbonyl (C=O) groups excluding carboxylic acids is 1. The van der Waals surface area contributed by atoms with Gasteiger partial charge in [0.25, 0.3) is 9.05 Å². The van der Waals surface area contributed by atoms with Crippen molar-refractivity contribution >= 4 is 25.6 Å². The molecule has 0 aliphatic heterocycles. The number of hydrogen-bond acceptors (Lipinski definition) is 4. The number of amides is 1. The lowest BCUT2D eigenvalue weighted by molar-refractivity contribution is -0.123. The molecule has 0 aromatic carbocycles. The SMILES string of the molecule is CCCc1nc(S(=O)(=O)Cl)cn1CC(=O)NC(C)(C)C. The maximum absolute atomic E-state index is 11.9. The Morgan fingerprint density at radius 2 is 2.05 bits per heavy atom. The van der Waals surface area contributed by atoms with Gasteiger partial charge in [0.2, 0.25) is 5.91 Å². The molecule has 1 N–H and O–H groups in total. The summed E-state index contributed by atoms with van der Waals surface area (Å²) in [4.78, 5) is 15.9. The molecule has 0 saturated heterocycles. The van der Waals surface area contributed by atoms with Crippen molar-refractivity contribution in [2.75, 3.05) is 0 Å². The summed E-state index contributed by atoms with van der Waals surface area (Å²) in [7, 11) is 1.40. The van der Waals surface area contributed by atoms with Crippen LogP contribution in [0.4, 0.5) is 0 Å². The number of nitrogens with one attached hydrogen (secondary N) is 1. The number of carbonyl (C=O) groups is 1. The van der Waals surface area contributed by atoms with Crippen LogP contribution in [-0.4, -0.2) is 29.4 Å². The number of halogens is 1. The molecule has 0 spiro atoms. The van der Waals surface area contributed by atoms with E-state index in [4.69, 9.17) is 10.7 Å². The Morgan fingerprint density at radius 3 is 2.50 bits per heavy atom. The molecule has 0 bridgehead atoms. The third-order valence-electron chi connectivity index (χ3n) is 2.39. The molecule has 1 aromatic rings. The van der Waals surface area contributed by atoms with E-state index in [9.17, 15) is 13.2 Å². The van der Waals surface area contributed by atoms with Crippen molar-refractivity contribution in [3.8, 4) is 0 Å². The van der Waals surface area contributed by atoms with E-state index < -0.39 is 9.05 Å². The van der Waals surface area contributed by atoms with Gasteiger partial charge in [-0.05, 0) is 27.2 Å². The minimum absolute atomic E-state index is 0.0199. The summed E-state index contributed by atoms with van der Waals surface area (Å²) in [5, 5.41) is 2.60. The molecular weight excluding hydrogens is 302 g/mol. The first-order chi connectivity index (χ1) is 9.03. The van der Waals surface area contributed by atoms with Gasteiger partial charge < -0.3 is 9.88 Å². The summed E-state index contributed by atoms with van der Waals surface area (Å²) in [5.74, 6) is 0.335. The molecule has 0 saturated carbocycles. The van der Waals surface area contributed by atoms with Gasteiger partial charge in [-0.2, -0.15) is 0 Å². The highest BCUT2D eigenvalue weighted by Crippen LogP contribution is 2.15. The minimum atomic E-state index is -3.89. The van der Waals surface area contributed by atoms with E-state index in [2.05, 4.69) is 10.3 Å². The fraction of sp³-hybridized carbons (Fsp3) is 0.667. The Balaban J connectivity index is 2.99. The van der Waals surface area contributed by atoms with Gasteiger partial charge in [0, 0.05) is 28.8 Å². The predicted molar refractivity (Wildman–Crippen MR) is 77.2 cm³/mol. The Labute approximate surface area is 123 Å². The van der Waals surface area contributed by atoms with Crippen LogP contribution in [0.1, 0.15) is 39.9 Å². The van der Waals surface area contributed by atoms with Crippen molar-refractivity contribution in [3.05, 3.63) is 12.0 Å². The smallest absolute Gasteiger partial charge is 0.280 e. The molecule has 0 radical (unpaired) electrons. The molecule has 6 nitrogen and oxygen atoms in total. The number of aryl methyl sites for hydroxylation is 1. The Kier molecular flexibility index (Phi) is 5.21. The van der Waals surface area contributed by atoms with Gasteiger partial charge in [-0.25, -0.2) is 13.4 Å². The van der Waals surface area contributed by atoms with Gasteiger partial charge >= 0.3 is 0 Å². The first-order valence-electron chi connectivity index (χ1n) is 6.34. The van der Waals surface area contributed by atoms with E-state index in [1.165, 1.54) is 10.8 Å². The molecule has 0 fully saturated rings. The van der Waals surface area contributed by atoms with Gasteiger partial charge in [-0.15, -0.1) is 0 Å². The summed E-state index contributed by atoms with van der Waals surface area (Å²) >= 11 is 0. The number of nitrogens with zero attached hydrogens (tertiary/aromatic N) is 2. The number of aromatic nitrogens is 2. The van der Waals surface area contributed by atoms with Crippen molar-refractivity contribution in [3.63, 3.8) is 0 Å². The summed E-state index contributed by atoms with van der Waals surface area (Å²) in [6.45, 7) is 7.59. The number of rotatable bonds is 5. The van der Waals surface area contributed by atoms with Crippen molar-refractivity contribution < 1.29 is 13.2 Å². The van der Waals surface area contributed by atoms with Gasteiger partial charge in [-0.1, -0.05) is 6.92 Å². The molecular formula is C12H20ClN3O3S. The molecule has 8 heteroatoms. The lowest BCUT2D eigenvalue weighted by Crippen LogP contribution is -2.42. The maximum Gasteiger partial charge on any atom is 0.280 e. The highest BCUT2D eigenvalue weighted by atomic mass is 35.7. The Bertz CT molecular complexity index is 588. The molecule has 0 atom stereocenters. The summed E-state index contributed by atoms with van der Waals surface area (Å²) in [6.07, 6.45) is 2.67. The predicted octanol–water partition coefficient (Wildman–Crippen LogP) is 1.68. The second-order valence-corrected chi connectivity index (χ2v) is 8.12. The van der Waals surface area contributed by atoms with E-state index in [0.717, 1.165) is 6.42 Å². The zero-order chi connectivity index (χ0) is 15.6. The van der Waals surface area contributed by atoms with E-state index in [-0.39, 0.29) is 23.0 Å². The van der Waals surface area contributed by atoms with Crippen molar-refractivity contribution in [2.24, 2.45) is 0 Å². The number of imidazole rings is 1. The van der Waals surface area contributed by atoms with Crippen LogP contribution in [0.2, 0.25) is 0 Å². The average molecular weight is 322 g/mol. The first-order valence-corrected chi connectivity index (χ1v) is 8.65. The molecule has 1 heterocycles. The molecule has 0 unspecified atom stereocenters. The minimum Gasteiger partial charge on any atom is -0.350 e. The lowest BCUT2D eigenvalue weighted by atomic mass is 10.1. The van der Waals surface area contributed by atoms with E-state index in [1.807, 2.05) is 27.7 Å². The van der Waals surface area contributed by atoms with Crippen LogP contribution in [-0.2, 0) is 26.8 Å². The monoisotopic (exact) mass is 321 g/mol. The topological polar surface area (TPSA) is 81.1 Å². The van der Waals surface area contributed by atoms with Crippen LogP contribution >= 0.6 is 10.7 Å². The quantitative estimate of drug-likeness (QED) is 0.837. The highest BCUT2D eigenvalue weighted by Gasteiger charge is 2.20. The largest absolute Gasteiger partial charge is 0.350 e. The third kappa shape index (κ3) is 5.13. The number of hydrogen-bond donors (Lipinski definition) is 1. The maximum atomic E-state index is 11.9. The van der Waals surface area contributed by atoms with E-state index in [1.54, 1.807) is 0 Å². The van der Waals surface area contributed by atoms with Crippen molar-refractivity contribution in [1.82, 2.24) is 14.9 Å². The second kappa shape index (κ2) is 6.13. The Morgan fingerprint density at radius 1 is 1.45 bits per heavy atom. The highest BCUT2D eigenvalue weighted by molar-refractivity contribution is 8.13. The zero-order valence-corrected chi connectivity index (χ0v) is 13.7. The molecule has 1 rings (SSSR count).